The summed E-state index contributed by atoms with van der Waals surface area (Å²) < 4.78 is 0. The van der Waals surface area contributed by atoms with E-state index in [1.807, 2.05) is 0 Å². The highest BCUT2D eigenvalue weighted by Crippen LogP contribution is 2.32. The molecule has 3 heteroatoms. The molecule has 3 rings (SSSR count). The fourth-order valence-corrected chi connectivity index (χ4v) is 2.69. The Balaban J connectivity index is 0.000000963. The van der Waals surface area contributed by atoms with Gasteiger partial charge in [0.05, 0.1) is 6.54 Å². The van der Waals surface area contributed by atoms with Crippen molar-refractivity contribution < 1.29 is 0 Å². The van der Waals surface area contributed by atoms with Gasteiger partial charge in [-0.15, -0.1) is 24.0 Å². The second kappa shape index (κ2) is 5.17. The minimum atomic E-state index is 0. The predicted octanol–water partition coefficient (Wildman–Crippen LogP) is 2.73. The van der Waals surface area contributed by atoms with Crippen molar-refractivity contribution in [1.29, 1.82) is 0 Å². The molecule has 1 aliphatic carbocycles. The Hall–Kier alpha value is -0.580. The van der Waals surface area contributed by atoms with Gasteiger partial charge >= 0.3 is 0 Å². The fourth-order valence-electron chi connectivity index (χ4n) is 2.69. The number of amidine groups is 1. The molecule has 0 amide bonds. The Morgan fingerprint density at radius 2 is 2.12 bits per heavy atom. The Morgan fingerprint density at radius 3 is 2.94 bits per heavy atom. The SMILES string of the molecule is I.c1ccc2c(c1)CCCC2C1=NCCN1. The summed E-state index contributed by atoms with van der Waals surface area (Å²) in [6, 6.07) is 8.82. The van der Waals surface area contributed by atoms with Crippen molar-refractivity contribution in [3.05, 3.63) is 35.4 Å². The third kappa shape index (κ3) is 2.10. The van der Waals surface area contributed by atoms with Crippen LogP contribution in [-0.2, 0) is 6.42 Å². The van der Waals surface area contributed by atoms with Crippen LogP contribution in [0.1, 0.15) is 29.9 Å². The van der Waals surface area contributed by atoms with E-state index in [9.17, 15) is 0 Å². The van der Waals surface area contributed by atoms with E-state index >= 15 is 0 Å². The fraction of sp³-hybridized carbons (Fsp3) is 0.462. The van der Waals surface area contributed by atoms with Crippen LogP contribution in [0, 0.1) is 0 Å². The lowest BCUT2D eigenvalue weighted by atomic mass is 9.82. The average molecular weight is 328 g/mol. The molecule has 1 aromatic rings. The number of benzene rings is 1. The van der Waals surface area contributed by atoms with Crippen molar-refractivity contribution in [3.8, 4) is 0 Å². The normalized spacial score (nSPS) is 22.8. The predicted molar refractivity (Wildman–Crippen MR) is 77.8 cm³/mol. The van der Waals surface area contributed by atoms with Gasteiger partial charge in [-0.05, 0) is 30.4 Å². The first-order chi connectivity index (χ1) is 7.45. The molecule has 2 aliphatic rings. The standard InChI is InChI=1S/C13H16N2.HI/c1-2-6-11-10(4-1)5-3-7-12(11)13-14-8-9-15-13;/h1-2,4,6,12H,3,5,7-9H2,(H,14,15);1H. The number of hydrogen-bond acceptors (Lipinski definition) is 2. The van der Waals surface area contributed by atoms with Crippen LogP contribution in [0.5, 0.6) is 0 Å². The van der Waals surface area contributed by atoms with Crippen LogP contribution in [0.25, 0.3) is 0 Å². The number of rotatable bonds is 1. The van der Waals surface area contributed by atoms with Gasteiger partial charge in [0.25, 0.3) is 0 Å². The van der Waals surface area contributed by atoms with Crippen molar-refractivity contribution >= 4 is 29.8 Å². The molecule has 86 valence electrons. The Labute approximate surface area is 114 Å². The van der Waals surface area contributed by atoms with Crippen molar-refractivity contribution in [1.82, 2.24) is 5.32 Å². The van der Waals surface area contributed by atoms with E-state index in [0.29, 0.717) is 5.92 Å². The summed E-state index contributed by atoms with van der Waals surface area (Å²) in [4.78, 5) is 4.56. The van der Waals surface area contributed by atoms with Crippen LogP contribution in [0.2, 0.25) is 0 Å². The average Bonchev–Trinajstić information content (AvgIpc) is 2.82. The molecular formula is C13H17IN2. The van der Waals surface area contributed by atoms with E-state index in [4.69, 9.17) is 0 Å². The van der Waals surface area contributed by atoms with Gasteiger partial charge in [0, 0.05) is 12.5 Å². The van der Waals surface area contributed by atoms with Crippen molar-refractivity contribution in [2.75, 3.05) is 13.1 Å². The summed E-state index contributed by atoms with van der Waals surface area (Å²) in [6.45, 7) is 1.97. The number of aliphatic imine (C=N–C) groups is 1. The molecule has 1 N–H and O–H groups in total. The number of nitrogens with one attached hydrogen (secondary N) is 1. The summed E-state index contributed by atoms with van der Waals surface area (Å²) in [7, 11) is 0. The van der Waals surface area contributed by atoms with Crippen LogP contribution in [0.3, 0.4) is 0 Å². The summed E-state index contributed by atoms with van der Waals surface area (Å²) in [6.07, 6.45) is 3.78. The first-order valence-electron chi connectivity index (χ1n) is 5.81. The Bertz CT molecular complexity index is 401. The smallest absolute Gasteiger partial charge is 0.104 e. The molecule has 0 saturated heterocycles. The summed E-state index contributed by atoms with van der Waals surface area (Å²) in [5.74, 6) is 1.76. The van der Waals surface area contributed by atoms with E-state index in [-0.39, 0.29) is 24.0 Å². The molecule has 0 radical (unpaired) electrons. The lowest BCUT2D eigenvalue weighted by Gasteiger charge is -2.25. The highest BCUT2D eigenvalue weighted by atomic mass is 127. The van der Waals surface area contributed by atoms with Crippen molar-refractivity contribution in [2.24, 2.45) is 4.99 Å². The molecule has 0 spiro atoms. The maximum Gasteiger partial charge on any atom is 0.104 e. The maximum atomic E-state index is 4.56. The zero-order valence-electron chi connectivity index (χ0n) is 9.28. The summed E-state index contributed by atoms with van der Waals surface area (Å²) in [5.41, 5.74) is 3.02. The third-order valence-electron chi connectivity index (χ3n) is 3.40. The summed E-state index contributed by atoms with van der Waals surface area (Å²) >= 11 is 0. The Kier molecular flexibility index (Phi) is 3.84. The zero-order valence-corrected chi connectivity index (χ0v) is 11.6. The number of hydrogen-bond donors (Lipinski definition) is 1. The molecule has 1 unspecified atom stereocenters. The molecule has 1 aliphatic heterocycles. The molecule has 0 bridgehead atoms. The third-order valence-corrected chi connectivity index (χ3v) is 3.40. The maximum absolute atomic E-state index is 4.56. The van der Waals surface area contributed by atoms with E-state index in [2.05, 4.69) is 34.6 Å². The quantitative estimate of drug-likeness (QED) is 0.788. The van der Waals surface area contributed by atoms with Gasteiger partial charge in [-0.1, -0.05) is 24.3 Å². The van der Waals surface area contributed by atoms with Gasteiger partial charge in [0.2, 0.25) is 0 Å². The Morgan fingerprint density at radius 1 is 1.25 bits per heavy atom. The molecule has 1 heterocycles. The zero-order chi connectivity index (χ0) is 10.1. The molecule has 16 heavy (non-hydrogen) atoms. The first kappa shape index (κ1) is 11.9. The minimum absolute atomic E-state index is 0. The molecule has 0 fully saturated rings. The minimum Gasteiger partial charge on any atom is -0.371 e. The molecule has 1 aromatic carbocycles. The lowest BCUT2D eigenvalue weighted by Crippen LogP contribution is -2.28. The monoisotopic (exact) mass is 328 g/mol. The van der Waals surface area contributed by atoms with Crippen LogP contribution in [0.15, 0.2) is 29.3 Å². The molecule has 1 atom stereocenters. The van der Waals surface area contributed by atoms with Gasteiger partial charge in [0.1, 0.15) is 5.84 Å². The van der Waals surface area contributed by atoms with E-state index < -0.39 is 0 Å². The van der Waals surface area contributed by atoms with Gasteiger partial charge in [-0.25, -0.2) is 0 Å². The van der Waals surface area contributed by atoms with Gasteiger partial charge in [-0.3, -0.25) is 4.99 Å². The van der Waals surface area contributed by atoms with Crippen LogP contribution in [0.4, 0.5) is 0 Å². The number of halogens is 1. The van der Waals surface area contributed by atoms with Crippen LogP contribution >= 0.6 is 24.0 Å². The van der Waals surface area contributed by atoms with Crippen molar-refractivity contribution in [2.45, 2.75) is 25.2 Å². The van der Waals surface area contributed by atoms with Gasteiger partial charge < -0.3 is 5.32 Å². The lowest BCUT2D eigenvalue weighted by molar-refractivity contribution is 0.641. The molecule has 0 saturated carbocycles. The van der Waals surface area contributed by atoms with Crippen molar-refractivity contribution in [3.63, 3.8) is 0 Å². The van der Waals surface area contributed by atoms with Crippen LogP contribution in [-0.4, -0.2) is 18.9 Å². The first-order valence-corrected chi connectivity index (χ1v) is 5.81. The highest BCUT2D eigenvalue weighted by molar-refractivity contribution is 14.0. The van der Waals surface area contributed by atoms with E-state index in [1.165, 1.54) is 36.2 Å². The number of aryl methyl sites for hydroxylation is 1. The van der Waals surface area contributed by atoms with Crippen LogP contribution < -0.4 is 5.32 Å². The molecule has 2 nitrogen and oxygen atoms in total. The topological polar surface area (TPSA) is 24.4 Å². The van der Waals surface area contributed by atoms with Gasteiger partial charge in [-0.2, -0.15) is 0 Å². The second-order valence-electron chi connectivity index (χ2n) is 4.34. The van der Waals surface area contributed by atoms with Gasteiger partial charge in [0.15, 0.2) is 0 Å². The van der Waals surface area contributed by atoms with E-state index in [0.717, 1.165) is 13.1 Å². The highest BCUT2D eigenvalue weighted by Gasteiger charge is 2.25. The number of nitrogens with zero attached hydrogens (tertiary/aromatic N) is 1. The van der Waals surface area contributed by atoms with E-state index in [1.54, 1.807) is 0 Å². The molecule has 0 aromatic heterocycles. The second-order valence-corrected chi connectivity index (χ2v) is 4.34. The summed E-state index contributed by atoms with van der Waals surface area (Å²) in [5, 5.41) is 3.42. The molecular weight excluding hydrogens is 311 g/mol. The largest absolute Gasteiger partial charge is 0.371 e. The number of fused-ring (bicyclic) bond motifs is 1.